The topological polar surface area (TPSA) is 87.3 Å². The number of hydrogen-bond donors (Lipinski definition) is 3. The highest BCUT2D eigenvalue weighted by atomic mass is 35.5. The van der Waals surface area contributed by atoms with Crippen LogP contribution in [0.4, 0.5) is 11.4 Å². The van der Waals surface area contributed by atoms with Gasteiger partial charge in [0.2, 0.25) is 5.91 Å². The van der Waals surface area contributed by atoms with Gasteiger partial charge in [-0.2, -0.15) is 0 Å². The second kappa shape index (κ2) is 13.8. The highest BCUT2D eigenvalue weighted by molar-refractivity contribution is 8.00. The Balaban J connectivity index is 1.44. The number of carbonyl (C=O) groups excluding carboxylic acids is 3. The van der Waals surface area contributed by atoms with Crippen molar-refractivity contribution >= 4 is 70.1 Å². The number of aryl methyl sites for hydroxylation is 1. The van der Waals surface area contributed by atoms with Crippen molar-refractivity contribution in [3.05, 3.63) is 129 Å². The van der Waals surface area contributed by atoms with Crippen LogP contribution in [0.25, 0.3) is 6.08 Å². The average Bonchev–Trinajstić information content (AvgIpc) is 2.95. The summed E-state index contributed by atoms with van der Waals surface area (Å²) in [6.07, 6.45) is 1.63. The molecular formula is C31H25Cl2N3O3S. The third-order valence-corrected chi connectivity index (χ3v) is 7.13. The Labute approximate surface area is 246 Å². The van der Waals surface area contributed by atoms with Gasteiger partial charge in [0.25, 0.3) is 11.8 Å². The minimum absolute atomic E-state index is 0.0926. The summed E-state index contributed by atoms with van der Waals surface area (Å²) in [6.45, 7) is 1.97. The molecule has 9 heteroatoms. The Morgan fingerprint density at radius 1 is 0.825 bits per heavy atom. The molecule has 0 heterocycles. The van der Waals surface area contributed by atoms with Crippen LogP contribution in [-0.4, -0.2) is 23.5 Å². The molecule has 0 aliphatic carbocycles. The number of rotatable bonds is 9. The van der Waals surface area contributed by atoms with Gasteiger partial charge in [-0.3, -0.25) is 14.4 Å². The zero-order valence-electron chi connectivity index (χ0n) is 21.4. The number of thioether (sulfide) groups is 1. The maximum Gasteiger partial charge on any atom is 0.272 e. The summed E-state index contributed by atoms with van der Waals surface area (Å²) >= 11 is 13.3. The fourth-order valence-electron chi connectivity index (χ4n) is 3.56. The van der Waals surface area contributed by atoms with Crippen molar-refractivity contribution in [1.29, 1.82) is 0 Å². The highest BCUT2D eigenvalue weighted by Crippen LogP contribution is 2.27. The highest BCUT2D eigenvalue weighted by Gasteiger charge is 2.16. The van der Waals surface area contributed by atoms with Crippen LogP contribution in [0, 0.1) is 6.92 Å². The Morgan fingerprint density at radius 2 is 1.57 bits per heavy atom. The van der Waals surface area contributed by atoms with Crippen LogP contribution in [0.3, 0.4) is 0 Å². The molecule has 0 bridgehead atoms. The smallest absolute Gasteiger partial charge is 0.272 e. The van der Waals surface area contributed by atoms with Crippen molar-refractivity contribution in [2.45, 2.75) is 11.8 Å². The molecule has 0 saturated carbocycles. The van der Waals surface area contributed by atoms with Crippen LogP contribution in [0.1, 0.15) is 21.5 Å². The quantitative estimate of drug-likeness (QED) is 0.140. The summed E-state index contributed by atoms with van der Waals surface area (Å²) in [5, 5.41) is 9.17. The minimum atomic E-state index is -0.484. The largest absolute Gasteiger partial charge is 0.324 e. The van der Waals surface area contributed by atoms with Crippen LogP contribution < -0.4 is 16.0 Å². The van der Waals surface area contributed by atoms with Gasteiger partial charge < -0.3 is 16.0 Å². The van der Waals surface area contributed by atoms with Crippen molar-refractivity contribution in [2.24, 2.45) is 0 Å². The van der Waals surface area contributed by atoms with E-state index in [1.165, 1.54) is 11.8 Å². The fourth-order valence-corrected chi connectivity index (χ4v) is 4.77. The third-order valence-electron chi connectivity index (χ3n) is 5.58. The predicted molar refractivity (Wildman–Crippen MR) is 164 cm³/mol. The van der Waals surface area contributed by atoms with Crippen LogP contribution in [0.15, 0.2) is 108 Å². The molecule has 202 valence electrons. The lowest BCUT2D eigenvalue weighted by Crippen LogP contribution is -2.30. The lowest BCUT2D eigenvalue weighted by molar-refractivity contribution is -0.114. The number of nitrogens with one attached hydrogen (secondary N) is 3. The first-order valence-corrected chi connectivity index (χ1v) is 13.9. The molecule has 0 aliphatic heterocycles. The van der Waals surface area contributed by atoms with E-state index in [0.29, 0.717) is 27.0 Å². The number of carbonyl (C=O) groups is 3. The molecule has 40 heavy (non-hydrogen) atoms. The second-order valence-electron chi connectivity index (χ2n) is 8.73. The molecule has 0 unspecified atom stereocenters. The Hall–Kier alpha value is -4.04. The normalized spacial score (nSPS) is 11.0. The van der Waals surface area contributed by atoms with Gasteiger partial charge in [-0.15, -0.1) is 11.8 Å². The van der Waals surface area contributed by atoms with Gasteiger partial charge in [-0.1, -0.05) is 77.3 Å². The molecule has 0 aliphatic rings. The molecule has 4 aromatic carbocycles. The van der Waals surface area contributed by atoms with Crippen molar-refractivity contribution in [3.63, 3.8) is 0 Å². The molecule has 0 aromatic heterocycles. The van der Waals surface area contributed by atoms with Gasteiger partial charge in [0.15, 0.2) is 0 Å². The lowest BCUT2D eigenvalue weighted by atomic mass is 10.1. The predicted octanol–water partition coefficient (Wildman–Crippen LogP) is 7.44. The molecule has 4 rings (SSSR count). The molecule has 0 radical (unpaired) electrons. The first-order valence-electron chi connectivity index (χ1n) is 12.2. The summed E-state index contributed by atoms with van der Waals surface area (Å²) in [4.78, 5) is 39.4. The van der Waals surface area contributed by atoms with E-state index in [2.05, 4.69) is 16.0 Å². The first-order chi connectivity index (χ1) is 19.3. The average molecular weight is 591 g/mol. The van der Waals surface area contributed by atoms with Crippen LogP contribution in [0.2, 0.25) is 10.0 Å². The number of anilines is 2. The maximum atomic E-state index is 13.3. The van der Waals surface area contributed by atoms with Crippen molar-refractivity contribution in [1.82, 2.24) is 5.32 Å². The molecule has 3 amide bonds. The molecule has 0 atom stereocenters. The Morgan fingerprint density at radius 3 is 2.30 bits per heavy atom. The number of halogens is 2. The maximum absolute atomic E-state index is 13.3. The molecule has 3 N–H and O–H groups in total. The van der Waals surface area contributed by atoms with Crippen molar-refractivity contribution in [3.8, 4) is 0 Å². The van der Waals surface area contributed by atoms with E-state index in [9.17, 15) is 14.4 Å². The summed E-state index contributed by atoms with van der Waals surface area (Å²) in [5.74, 6) is -0.995. The summed E-state index contributed by atoms with van der Waals surface area (Å²) in [7, 11) is 0. The van der Waals surface area contributed by atoms with E-state index in [-0.39, 0.29) is 17.4 Å². The molecule has 0 fully saturated rings. The molecule has 6 nitrogen and oxygen atoms in total. The van der Waals surface area contributed by atoms with Gasteiger partial charge in [0, 0.05) is 21.2 Å². The molecule has 0 saturated heterocycles. The number of hydrogen-bond acceptors (Lipinski definition) is 4. The Bertz CT molecular complexity index is 1560. The van der Waals surface area contributed by atoms with Gasteiger partial charge in [0.1, 0.15) is 5.70 Å². The lowest BCUT2D eigenvalue weighted by Gasteiger charge is -2.12. The van der Waals surface area contributed by atoms with E-state index < -0.39 is 11.8 Å². The first kappa shape index (κ1) is 29.0. The zero-order chi connectivity index (χ0) is 28.5. The molecule has 0 spiro atoms. The third kappa shape index (κ3) is 8.48. The van der Waals surface area contributed by atoms with Crippen molar-refractivity contribution in [2.75, 3.05) is 16.4 Å². The minimum Gasteiger partial charge on any atom is -0.324 e. The summed E-state index contributed by atoms with van der Waals surface area (Å²) in [5.41, 5.74) is 3.36. The van der Waals surface area contributed by atoms with Crippen molar-refractivity contribution < 1.29 is 14.4 Å². The van der Waals surface area contributed by atoms with Crippen LogP contribution >= 0.6 is 35.0 Å². The van der Waals surface area contributed by atoms with Gasteiger partial charge in [0.05, 0.1) is 16.5 Å². The van der Waals surface area contributed by atoms with E-state index in [0.717, 1.165) is 16.0 Å². The van der Waals surface area contributed by atoms with E-state index in [1.807, 2.05) is 43.3 Å². The van der Waals surface area contributed by atoms with Crippen LogP contribution in [0.5, 0.6) is 0 Å². The fraction of sp³-hybridized carbons (Fsp3) is 0.0645. The SMILES string of the molecule is Cc1ccc(/C=C(\NC(=O)c2ccccc2)C(=O)Nc2cccc(SCC(=O)Nc3ccc(Cl)cc3Cl)c2)cc1. The molecular weight excluding hydrogens is 565 g/mol. The van der Waals surface area contributed by atoms with Gasteiger partial charge in [-0.05, 0) is 67.1 Å². The summed E-state index contributed by atoms with van der Waals surface area (Å²) in [6, 6.07) is 28.2. The zero-order valence-corrected chi connectivity index (χ0v) is 23.7. The standard InChI is InChI=1S/C31H25Cl2N3O3S/c1-20-10-12-21(13-11-20)16-28(36-30(38)22-6-3-2-4-7-22)31(39)34-24-8-5-9-25(18-24)40-19-29(37)35-27-15-14-23(32)17-26(27)33/h2-18H,19H2,1H3,(H,34,39)(H,35,37)(H,36,38)/b28-16-. The monoisotopic (exact) mass is 589 g/mol. The Kier molecular flexibility index (Phi) is 10.0. The number of benzene rings is 4. The summed E-state index contributed by atoms with van der Waals surface area (Å²) < 4.78 is 0. The van der Waals surface area contributed by atoms with E-state index >= 15 is 0 Å². The molecule has 4 aromatic rings. The number of amides is 3. The second-order valence-corrected chi connectivity index (χ2v) is 10.6. The van der Waals surface area contributed by atoms with Gasteiger partial charge >= 0.3 is 0 Å². The van der Waals surface area contributed by atoms with Gasteiger partial charge in [-0.25, -0.2) is 0 Å². The van der Waals surface area contributed by atoms with E-state index in [4.69, 9.17) is 23.2 Å². The van der Waals surface area contributed by atoms with Crippen LogP contribution in [-0.2, 0) is 9.59 Å². The van der Waals surface area contributed by atoms with E-state index in [1.54, 1.807) is 66.7 Å².